The maximum absolute atomic E-state index is 6.54. The minimum Gasteiger partial charge on any atom is -0.455 e. The highest BCUT2D eigenvalue weighted by Crippen LogP contribution is 2.59. The third-order valence-electron chi connectivity index (χ3n) is 32.4. The smallest absolute Gasteiger partial charge is 0.160 e. The van der Waals surface area contributed by atoms with Crippen molar-refractivity contribution in [2.45, 2.75) is 77.0 Å². The maximum atomic E-state index is 6.54. The van der Waals surface area contributed by atoms with Crippen LogP contribution in [0.25, 0.3) is 244 Å². The van der Waals surface area contributed by atoms with Crippen molar-refractivity contribution in [1.29, 1.82) is 0 Å². The van der Waals surface area contributed by atoms with Crippen LogP contribution in [0.5, 0.6) is 0 Å². The summed E-state index contributed by atoms with van der Waals surface area (Å²) in [6, 6.07) is 161. The normalized spacial score (nSPS) is 13.9. The van der Waals surface area contributed by atoms with Crippen molar-refractivity contribution in [3.8, 4) is 135 Å². The minimum absolute atomic E-state index is 0.0990. The fourth-order valence-corrected chi connectivity index (χ4v) is 25.5. The van der Waals surface area contributed by atoms with E-state index in [0.29, 0.717) is 0 Å². The van der Waals surface area contributed by atoms with Gasteiger partial charge in [-0.25, -0.2) is 29.9 Å². The molecule has 0 atom stereocenters. The molecule has 4 aliphatic rings. The van der Waals surface area contributed by atoms with Gasteiger partial charge in [0.15, 0.2) is 17.5 Å². The van der Waals surface area contributed by atoms with Crippen molar-refractivity contribution in [3.63, 3.8) is 0 Å². The molecule has 27 aromatic rings. The van der Waals surface area contributed by atoms with Gasteiger partial charge in [-0.1, -0.05) is 401 Å². The van der Waals surface area contributed by atoms with Gasteiger partial charge in [0, 0.05) is 143 Å². The standard InChI is InChI=1S/C49H34N4.C46H35N3.C43H29N3O/c1-49(2)39-22-12-9-20-37(39)44-45(50-48(51-47(44)49)32-15-5-3-6-16-32)31-25-27-34(28-26-31)52-41-24-14-11-21-38(41)43-42(52)30-29-36-35-19-10-13-23-40(35)53(46(36)43)33-17-7-4-8-18-33;1-45(2)35-19-11-8-16-31(35)32-26-27-38-39(41(32)45)34-18-10-13-21-37(34)49(38)30-24-22-28(23-25-30)42-40-33-17-9-12-20-36(33)46(3,4)43(40)48-44(47-42)29-14-6-5-7-15-29;1-43(2)33-20-9-6-18-31(33)38-39(44-42(45-41(38)43)26-13-4-3-5-14-26)27-15-12-16-28(25-27)46-34-21-10-7-19-32(34)37-35(46)24-23-30-29-17-8-11-22-36(29)47-40(30)37/h3-30H,1-2H3;5-27H,1-4H3;3-25H,1-2H3. The van der Waals surface area contributed by atoms with E-state index in [2.05, 4.69) is 480 Å². The molecule has 8 heterocycles. The first-order valence-corrected chi connectivity index (χ1v) is 51.6. The molecule has 0 amide bonds. The van der Waals surface area contributed by atoms with E-state index in [-0.39, 0.29) is 21.7 Å². The molecule has 0 N–H and O–H groups in total. The molecule has 0 aliphatic heterocycles. The van der Waals surface area contributed by atoms with E-state index in [1.807, 2.05) is 42.5 Å². The lowest BCUT2D eigenvalue weighted by Crippen LogP contribution is -2.17. The minimum atomic E-state index is -0.254. The fraction of sp³-hybridized carbons (Fsp3) is 0.0870. The van der Waals surface area contributed by atoms with Crippen molar-refractivity contribution in [2.24, 2.45) is 0 Å². The molecular weight excluding hydrogens is 1810 g/mol. The summed E-state index contributed by atoms with van der Waals surface area (Å²) < 4.78 is 16.2. The second-order valence-corrected chi connectivity index (χ2v) is 42.2. The molecule has 11 heteroatoms. The predicted octanol–water partition coefficient (Wildman–Crippen LogP) is 34.9. The number of furan rings is 1. The predicted molar refractivity (Wildman–Crippen MR) is 614 cm³/mol. The Morgan fingerprint density at radius 1 is 0.201 bits per heavy atom. The molecule has 19 aromatic carbocycles. The molecule has 8 aromatic heterocycles. The molecule has 0 radical (unpaired) electrons. The van der Waals surface area contributed by atoms with Crippen LogP contribution < -0.4 is 0 Å². The summed E-state index contributed by atoms with van der Waals surface area (Å²) in [5.41, 5.74) is 43.8. The molecule has 149 heavy (non-hydrogen) atoms. The van der Waals surface area contributed by atoms with Gasteiger partial charge in [-0.3, -0.25) is 0 Å². The van der Waals surface area contributed by atoms with E-state index in [1.165, 1.54) is 126 Å². The number of rotatable bonds is 10. The van der Waals surface area contributed by atoms with Crippen LogP contribution in [0.4, 0.5) is 0 Å². The molecule has 0 bridgehead atoms. The third kappa shape index (κ3) is 13.0. The SMILES string of the molecule is CC1(C)c2ccccc2-c2c(-c3ccc(-n4c5ccccc5c5c4ccc4c6ccccc6n(-c6ccccc6)c45)cc3)nc(-c3ccccc3)nc21.CC1(C)c2ccccc2-c2c(-c3ccc(-n4c5ccccc5c5c6c(ccc54)-c4ccccc4C6(C)C)cc3)nc(-c3ccccc3)nc21.CC1(C)c2ccccc2-c2c(-c3cccc(-n4c5ccccc5c5c6oc7ccccc7c6ccc54)c3)nc(-c3ccccc3)nc21. The molecule has 4 aliphatic carbocycles. The highest BCUT2D eigenvalue weighted by molar-refractivity contribution is 6.27. The van der Waals surface area contributed by atoms with Crippen LogP contribution in [0.2, 0.25) is 0 Å². The summed E-state index contributed by atoms with van der Waals surface area (Å²) in [6.07, 6.45) is 0. The van der Waals surface area contributed by atoms with E-state index in [0.717, 1.165) is 163 Å². The molecule has 706 valence electrons. The Kier molecular flexibility index (Phi) is 19.3. The summed E-state index contributed by atoms with van der Waals surface area (Å²) in [6.45, 7) is 18.4. The van der Waals surface area contributed by atoms with Gasteiger partial charge >= 0.3 is 0 Å². The van der Waals surface area contributed by atoms with Crippen LogP contribution in [0, 0.1) is 0 Å². The third-order valence-corrected chi connectivity index (χ3v) is 32.4. The quantitative estimate of drug-likeness (QED) is 0.134. The summed E-state index contributed by atoms with van der Waals surface area (Å²) in [5.74, 6) is 2.26. The zero-order valence-corrected chi connectivity index (χ0v) is 83.6. The number of para-hydroxylation sites is 6. The average molecular weight is 1910 g/mol. The Morgan fingerprint density at radius 3 is 1.02 bits per heavy atom. The highest BCUT2D eigenvalue weighted by Gasteiger charge is 2.45. The van der Waals surface area contributed by atoms with E-state index in [9.17, 15) is 0 Å². The van der Waals surface area contributed by atoms with Gasteiger partial charge in [0.2, 0.25) is 0 Å². The molecule has 0 unspecified atom stereocenters. The summed E-state index contributed by atoms with van der Waals surface area (Å²) in [7, 11) is 0. The van der Waals surface area contributed by atoms with Crippen LogP contribution in [0.1, 0.15) is 100 Å². The zero-order chi connectivity index (χ0) is 99.6. The molecule has 0 saturated heterocycles. The van der Waals surface area contributed by atoms with Gasteiger partial charge < -0.3 is 22.7 Å². The Labute approximate surface area is 861 Å². The number of benzene rings is 19. The van der Waals surface area contributed by atoms with Gasteiger partial charge in [0.1, 0.15) is 11.2 Å². The molecule has 11 nitrogen and oxygen atoms in total. The largest absolute Gasteiger partial charge is 0.455 e. The Bertz CT molecular complexity index is 10300. The van der Waals surface area contributed by atoms with Crippen LogP contribution in [0.15, 0.2) is 453 Å². The highest BCUT2D eigenvalue weighted by atomic mass is 16.3. The average Bonchev–Trinajstić information content (AvgIpc) is 1.59. The van der Waals surface area contributed by atoms with Crippen LogP contribution in [-0.2, 0) is 21.7 Å². The molecule has 0 fully saturated rings. The maximum Gasteiger partial charge on any atom is 0.160 e. The van der Waals surface area contributed by atoms with Crippen LogP contribution >= 0.6 is 0 Å². The monoisotopic (exact) mass is 1910 g/mol. The number of nitrogens with zero attached hydrogens (tertiary/aromatic N) is 10. The number of hydrogen-bond donors (Lipinski definition) is 0. The second kappa shape index (κ2) is 33.0. The van der Waals surface area contributed by atoms with Gasteiger partial charge in [0.25, 0.3) is 0 Å². The topological polar surface area (TPSA) is 110 Å². The number of aromatic nitrogens is 10. The number of fused-ring (bicyclic) bond motifs is 30. The lowest BCUT2D eigenvalue weighted by molar-refractivity contribution is 0.636. The zero-order valence-electron chi connectivity index (χ0n) is 83.6. The molecule has 0 saturated carbocycles. The summed E-state index contributed by atoms with van der Waals surface area (Å²) in [5, 5.41) is 12.2. The van der Waals surface area contributed by atoms with Crippen LogP contribution in [0.3, 0.4) is 0 Å². The van der Waals surface area contributed by atoms with Gasteiger partial charge in [-0.05, 0) is 159 Å². The lowest BCUT2D eigenvalue weighted by atomic mass is 9.80. The Balaban J connectivity index is 0.000000105. The molecule has 0 spiro atoms. The Hall–Kier alpha value is -18.6. The van der Waals surface area contributed by atoms with E-state index >= 15 is 0 Å². The van der Waals surface area contributed by atoms with Crippen molar-refractivity contribution in [3.05, 3.63) is 494 Å². The van der Waals surface area contributed by atoms with Gasteiger partial charge in [-0.2, -0.15) is 0 Å². The number of hydrogen-bond acceptors (Lipinski definition) is 7. The first-order chi connectivity index (χ1) is 73.0. The van der Waals surface area contributed by atoms with Gasteiger partial charge in [0.05, 0.1) is 83.7 Å². The Morgan fingerprint density at radius 2 is 0.537 bits per heavy atom. The summed E-state index contributed by atoms with van der Waals surface area (Å²) in [4.78, 5) is 31.7. The summed E-state index contributed by atoms with van der Waals surface area (Å²) >= 11 is 0. The molecular formula is C138H98N10O. The van der Waals surface area contributed by atoms with E-state index in [4.69, 9.17) is 34.3 Å². The first kappa shape index (κ1) is 87.0. The van der Waals surface area contributed by atoms with E-state index in [1.54, 1.807) is 0 Å². The van der Waals surface area contributed by atoms with Crippen molar-refractivity contribution < 1.29 is 4.42 Å². The van der Waals surface area contributed by atoms with Crippen LogP contribution in [-0.4, -0.2) is 48.2 Å². The fourth-order valence-electron chi connectivity index (χ4n) is 25.5. The first-order valence-electron chi connectivity index (χ1n) is 51.6. The van der Waals surface area contributed by atoms with E-state index < -0.39 is 0 Å². The van der Waals surface area contributed by atoms with Crippen molar-refractivity contribution in [2.75, 3.05) is 0 Å². The van der Waals surface area contributed by atoms with Crippen molar-refractivity contribution in [1.82, 2.24) is 48.2 Å². The molecule has 31 rings (SSSR count). The second-order valence-electron chi connectivity index (χ2n) is 42.2. The lowest BCUT2D eigenvalue weighted by Gasteiger charge is -2.22. The van der Waals surface area contributed by atoms with Crippen molar-refractivity contribution >= 4 is 109 Å². The van der Waals surface area contributed by atoms with Gasteiger partial charge in [-0.15, -0.1) is 0 Å².